The standard InChI is InChI=1S/C43H56N2O9S/c1-6-27-25-44-10-7-28-19-37(48-2)39(50-4)23-33(28)35(44)17-31(27)18-36-34-24-40(51-5)38(49-3)20-29(34)8-11-45(36)43(47)41-21-32(30-9-16-55-26-30)22-42(54-41)53-15-14-52-13-12-46/h9,16,19-21,23-24,26-27,31-32,35-36,42,46H,6-8,10-15,17-18,22,25H2,1-5H3. The summed E-state index contributed by atoms with van der Waals surface area (Å²) in [5.74, 6) is 3.88. The molecule has 4 aliphatic rings. The van der Waals surface area contributed by atoms with Crippen LogP contribution in [-0.4, -0.2) is 102 Å². The molecule has 2 aromatic carbocycles. The third-order valence-corrected chi connectivity index (χ3v) is 12.8. The van der Waals surface area contributed by atoms with Crippen LogP contribution in [0.5, 0.6) is 23.0 Å². The second kappa shape index (κ2) is 18.0. The first kappa shape index (κ1) is 39.4. The number of aliphatic hydroxyl groups excluding tert-OH is 1. The van der Waals surface area contributed by atoms with Crippen molar-refractivity contribution in [2.75, 3.05) is 74.5 Å². The molecule has 7 rings (SSSR count). The summed E-state index contributed by atoms with van der Waals surface area (Å²) in [6.45, 7) is 5.70. The smallest absolute Gasteiger partial charge is 0.289 e. The fraction of sp³-hybridized carbons (Fsp3) is 0.558. The van der Waals surface area contributed by atoms with Crippen LogP contribution in [0.2, 0.25) is 0 Å². The third kappa shape index (κ3) is 8.34. The van der Waals surface area contributed by atoms with Crippen LogP contribution in [0, 0.1) is 11.8 Å². The number of amides is 1. The predicted molar refractivity (Wildman–Crippen MR) is 210 cm³/mol. The summed E-state index contributed by atoms with van der Waals surface area (Å²) >= 11 is 1.64. The van der Waals surface area contributed by atoms with Gasteiger partial charge in [0.1, 0.15) is 0 Å². The lowest BCUT2D eigenvalue weighted by atomic mass is 9.72. The molecule has 11 nitrogen and oxygen atoms in total. The summed E-state index contributed by atoms with van der Waals surface area (Å²) in [5.41, 5.74) is 6.06. The Morgan fingerprint density at radius 2 is 1.56 bits per heavy atom. The van der Waals surface area contributed by atoms with Gasteiger partial charge >= 0.3 is 0 Å². The zero-order chi connectivity index (χ0) is 38.5. The van der Waals surface area contributed by atoms with Gasteiger partial charge in [-0.25, -0.2) is 0 Å². The number of fused-ring (bicyclic) bond motifs is 4. The number of thiophene rings is 1. The Kier molecular flexibility index (Phi) is 12.9. The van der Waals surface area contributed by atoms with Crippen molar-refractivity contribution < 1.29 is 43.1 Å². The maximum Gasteiger partial charge on any atom is 0.289 e. The van der Waals surface area contributed by atoms with E-state index in [4.69, 9.17) is 38.3 Å². The largest absolute Gasteiger partial charge is 0.493 e. The van der Waals surface area contributed by atoms with Gasteiger partial charge in [-0.05, 0) is 113 Å². The summed E-state index contributed by atoms with van der Waals surface area (Å²) in [6.07, 6.45) is 6.49. The van der Waals surface area contributed by atoms with Crippen molar-refractivity contribution in [3.63, 3.8) is 0 Å². The maximum absolute atomic E-state index is 15.0. The van der Waals surface area contributed by atoms with E-state index in [0.717, 1.165) is 61.4 Å². The highest BCUT2D eigenvalue weighted by atomic mass is 32.1. The van der Waals surface area contributed by atoms with Gasteiger partial charge in [-0.15, -0.1) is 0 Å². The molecule has 3 aromatic rings. The molecule has 1 amide bonds. The first-order valence-corrected chi connectivity index (χ1v) is 20.6. The van der Waals surface area contributed by atoms with Gasteiger partial charge in [0.2, 0.25) is 6.29 Å². The van der Waals surface area contributed by atoms with Crippen LogP contribution in [0.3, 0.4) is 0 Å². The highest BCUT2D eigenvalue weighted by molar-refractivity contribution is 7.08. The topological polar surface area (TPSA) is 108 Å². The van der Waals surface area contributed by atoms with Crippen molar-refractivity contribution in [2.45, 2.75) is 69.7 Å². The van der Waals surface area contributed by atoms with Gasteiger partial charge in [0.15, 0.2) is 28.8 Å². The van der Waals surface area contributed by atoms with Gasteiger partial charge in [-0.1, -0.05) is 13.3 Å². The summed E-state index contributed by atoms with van der Waals surface area (Å²) in [4.78, 5) is 19.7. The molecule has 0 aliphatic carbocycles. The molecule has 4 aliphatic heterocycles. The Bertz CT molecular complexity index is 1800. The molecule has 55 heavy (non-hydrogen) atoms. The molecule has 0 bridgehead atoms. The van der Waals surface area contributed by atoms with Crippen molar-refractivity contribution in [3.8, 4) is 23.0 Å². The van der Waals surface area contributed by atoms with E-state index in [-0.39, 0.29) is 37.1 Å². The molecular weight excluding hydrogens is 721 g/mol. The third-order valence-electron chi connectivity index (χ3n) is 12.1. The number of hydrogen-bond donors (Lipinski definition) is 1. The minimum atomic E-state index is -0.609. The Morgan fingerprint density at radius 3 is 2.24 bits per heavy atom. The summed E-state index contributed by atoms with van der Waals surface area (Å²) in [5, 5.41) is 13.3. The molecule has 1 saturated heterocycles. The zero-order valence-corrected chi connectivity index (χ0v) is 33.6. The number of hydrogen-bond acceptors (Lipinski definition) is 11. The van der Waals surface area contributed by atoms with E-state index in [1.54, 1.807) is 39.8 Å². The molecule has 0 saturated carbocycles. The number of carbonyl (C=O) groups is 1. The van der Waals surface area contributed by atoms with Crippen molar-refractivity contribution in [1.82, 2.24) is 9.80 Å². The highest BCUT2D eigenvalue weighted by Crippen LogP contribution is 2.50. The summed E-state index contributed by atoms with van der Waals surface area (Å²) in [6, 6.07) is 10.7. The van der Waals surface area contributed by atoms with E-state index >= 15 is 0 Å². The number of aliphatic hydroxyl groups is 1. The first-order valence-electron chi connectivity index (χ1n) is 19.6. The molecule has 6 atom stereocenters. The fourth-order valence-electron chi connectivity index (χ4n) is 9.24. The van der Waals surface area contributed by atoms with Crippen LogP contribution in [0.15, 0.2) is 52.9 Å². The second-order valence-electron chi connectivity index (χ2n) is 14.9. The van der Waals surface area contributed by atoms with Gasteiger partial charge < -0.3 is 43.2 Å². The number of rotatable bonds is 15. The van der Waals surface area contributed by atoms with Crippen molar-refractivity contribution in [1.29, 1.82) is 0 Å². The van der Waals surface area contributed by atoms with E-state index < -0.39 is 6.29 Å². The van der Waals surface area contributed by atoms with E-state index in [9.17, 15) is 4.79 Å². The van der Waals surface area contributed by atoms with Crippen molar-refractivity contribution >= 4 is 17.2 Å². The predicted octanol–water partition coefficient (Wildman–Crippen LogP) is 6.68. The zero-order valence-electron chi connectivity index (χ0n) is 32.8. The lowest BCUT2D eigenvalue weighted by molar-refractivity contribution is -0.158. The number of allylic oxidation sites excluding steroid dienone is 1. The molecule has 1 aromatic heterocycles. The Morgan fingerprint density at radius 1 is 0.873 bits per heavy atom. The fourth-order valence-corrected chi connectivity index (χ4v) is 9.97. The Hall–Kier alpha value is -3.81. The van der Waals surface area contributed by atoms with Crippen molar-refractivity contribution in [2.24, 2.45) is 11.8 Å². The van der Waals surface area contributed by atoms with Gasteiger partial charge in [-0.2, -0.15) is 11.3 Å². The molecule has 298 valence electrons. The molecule has 1 N–H and O–H groups in total. The molecule has 0 spiro atoms. The van der Waals surface area contributed by atoms with E-state index in [0.29, 0.717) is 61.7 Å². The van der Waals surface area contributed by atoms with Gasteiger partial charge in [-0.3, -0.25) is 9.69 Å². The molecule has 12 heteroatoms. The van der Waals surface area contributed by atoms with Crippen molar-refractivity contribution in [3.05, 3.63) is 80.7 Å². The molecular formula is C43H56N2O9S. The Labute approximate surface area is 329 Å². The summed E-state index contributed by atoms with van der Waals surface area (Å²) < 4.78 is 41.0. The van der Waals surface area contributed by atoms with Gasteiger partial charge in [0, 0.05) is 38.0 Å². The van der Waals surface area contributed by atoms with Crippen LogP contribution >= 0.6 is 11.3 Å². The highest BCUT2D eigenvalue weighted by Gasteiger charge is 2.43. The second-order valence-corrected chi connectivity index (χ2v) is 15.7. The molecule has 6 unspecified atom stereocenters. The SMILES string of the molecule is CCC1CN2CCc3cc(OC)c(OC)cc3C2CC1CC1c2cc(OC)c(OC)cc2CCN1C(=O)C1=CC(c2ccsc2)CC(OCCOCCO)O1. The number of benzene rings is 2. The molecule has 0 radical (unpaired) electrons. The van der Waals surface area contributed by atoms with E-state index in [1.165, 1.54) is 16.7 Å². The number of nitrogens with zero attached hydrogens (tertiary/aromatic N) is 2. The average molecular weight is 777 g/mol. The van der Waals surface area contributed by atoms with Crippen LogP contribution < -0.4 is 18.9 Å². The monoisotopic (exact) mass is 776 g/mol. The Balaban J connectivity index is 1.21. The lowest BCUT2D eigenvalue weighted by Crippen LogP contribution is -2.48. The van der Waals surface area contributed by atoms with Crippen LogP contribution in [-0.2, 0) is 31.8 Å². The normalized spacial score (nSPS) is 24.8. The van der Waals surface area contributed by atoms with Crippen LogP contribution in [0.1, 0.15) is 78.4 Å². The summed E-state index contributed by atoms with van der Waals surface area (Å²) in [7, 11) is 6.73. The minimum absolute atomic E-state index is 0.0297. The minimum Gasteiger partial charge on any atom is -0.493 e. The number of ether oxygens (including phenoxy) is 7. The molecule has 5 heterocycles. The number of piperidine rings is 1. The van der Waals surface area contributed by atoms with Crippen LogP contribution in [0.25, 0.3) is 0 Å². The first-order chi connectivity index (χ1) is 26.9. The maximum atomic E-state index is 15.0. The van der Waals surface area contributed by atoms with Gasteiger partial charge in [0.05, 0.1) is 60.9 Å². The number of carbonyl (C=O) groups excluding carboxylic acids is 1. The van der Waals surface area contributed by atoms with E-state index in [2.05, 4.69) is 52.9 Å². The van der Waals surface area contributed by atoms with E-state index in [1.807, 2.05) is 11.0 Å². The number of methoxy groups -OCH3 is 4. The quantitative estimate of drug-likeness (QED) is 0.168. The van der Waals surface area contributed by atoms with Crippen LogP contribution in [0.4, 0.5) is 0 Å². The lowest BCUT2D eigenvalue weighted by Gasteiger charge is -2.49. The average Bonchev–Trinajstić information content (AvgIpc) is 3.77. The van der Waals surface area contributed by atoms with Gasteiger partial charge in [0.25, 0.3) is 5.91 Å². The molecule has 1 fully saturated rings.